The molecule has 2 atom stereocenters. The van der Waals surface area contributed by atoms with Crippen LogP contribution in [-0.4, -0.2) is 37.1 Å². The Balaban J connectivity index is 2.36. The van der Waals surface area contributed by atoms with Crippen molar-refractivity contribution in [3.63, 3.8) is 0 Å². The lowest BCUT2D eigenvalue weighted by atomic mass is 9.92. The summed E-state index contributed by atoms with van der Waals surface area (Å²) in [5.41, 5.74) is 0. The number of hydrogen-bond acceptors (Lipinski definition) is 2. The van der Waals surface area contributed by atoms with Crippen LogP contribution in [0, 0.1) is 5.92 Å². The van der Waals surface area contributed by atoms with Crippen molar-refractivity contribution in [1.82, 2.24) is 10.2 Å². The maximum absolute atomic E-state index is 3.61. The molecule has 15 heavy (non-hydrogen) atoms. The molecule has 0 saturated carbocycles. The summed E-state index contributed by atoms with van der Waals surface area (Å²) in [6, 6.07) is 0.741. The van der Waals surface area contributed by atoms with Gasteiger partial charge in [0.25, 0.3) is 0 Å². The van der Waals surface area contributed by atoms with Crippen molar-refractivity contribution in [2.45, 2.75) is 52.5 Å². The molecule has 1 fully saturated rings. The first-order valence-corrected chi connectivity index (χ1v) is 6.75. The van der Waals surface area contributed by atoms with Crippen LogP contribution in [0.1, 0.15) is 46.5 Å². The quantitative estimate of drug-likeness (QED) is 0.728. The molecule has 0 aromatic heterocycles. The number of hydrogen-bond donors (Lipinski definition) is 1. The minimum Gasteiger partial charge on any atom is -0.313 e. The summed E-state index contributed by atoms with van der Waals surface area (Å²) in [6.45, 7) is 11.8. The summed E-state index contributed by atoms with van der Waals surface area (Å²) in [4.78, 5) is 2.66. The Hall–Kier alpha value is -0.0800. The predicted molar refractivity (Wildman–Crippen MR) is 67.2 cm³/mol. The van der Waals surface area contributed by atoms with Crippen LogP contribution in [-0.2, 0) is 0 Å². The fourth-order valence-corrected chi connectivity index (χ4v) is 2.60. The third kappa shape index (κ3) is 4.52. The maximum atomic E-state index is 3.61. The first-order chi connectivity index (χ1) is 7.30. The third-order valence-electron chi connectivity index (χ3n) is 3.51. The largest absolute Gasteiger partial charge is 0.313 e. The summed E-state index contributed by atoms with van der Waals surface area (Å²) < 4.78 is 0. The molecule has 0 radical (unpaired) electrons. The predicted octanol–water partition coefficient (Wildman–Crippen LogP) is 2.50. The molecular weight excluding hydrogens is 184 g/mol. The van der Waals surface area contributed by atoms with Crippen molar-refractivity contribution < 1.29 is 0 Å². The molecule has 1 rings (SSSR count). The van der Waals surface area contributed by atoms with E-state index < -0.39 is 0 Å². The molecule has 2 unspecified atom stereocenters. The molecule has 1 saturated heterocycles. The standard InChI is InChI=1S/C13H28N2/c1-4-7-8-15-10-12(5-2)9-13(11-15)14-6-3/h12-14H,4-11H2,1-3H3. The molecule has 1 aliphatic heterocycles. The van der Waals surface area contributed by atoms with Crippen LogP contribution in [0.5, 0.6) is 0 Å². The molecule has 0 aliphatic carbocycles. The van der Waals surface area contributed by atoms with E-state index in [9.17, 15) is 0 Å². The Kier molecular flexibility index (Phi) is 6.26. The summed E-state index contributed by atoms with van der Waals surface area (Å²) >= 11 is 0. The molecule has 0 aromatic rings. The first kappa shape index (κ1) is 13.0. The van der Waals surface area contributed by atoms with E-state index in [-0.39, 0.29) is 0 Å². The van der Waals surface area contributed by atoms with Gasteiger partial charge in [-0.25, -0.2) is 0 Å². The molecule has 0 spiro atoms. The summed E-state index contributed by atoms with van der Waals surface area (Å²) in [6.07, 6.45) is 5.39. The van der Waals surface area contributed by atoms with Crippen molar-refractivity contribution >= 4 is 0 Å². The highest BCUT2D eigenvalue weighted by Gasteiger charge is 2.24. The van der Waals surface area contributed by atoms with Crippen LogP contribution in [0.15, 0.2) is 0 Å². The number of likely N-dealkylation sites (tertiary alicyclic amines) is 1. The lowest BCUT2D eigenvalue weighted by molar-refractivity contribution is 0.138. The molecule has 1 aliphatic rings. The van der Waals surface area contributed by atoms with Gasteiger partial charge in [0.2, 0.25) is 0 Å². The zero-order chi connectivity index (χ0) is 11.1. The molecule has 1 N–H and O–H groups in total. The molecule has 1 heterocycles. The molecule has 0 amide bonds. The van der Waals surface area contributed by atoms with E-state index in [1.54, 1.807) is 0 Å². The van der Waals surface area contributed by atoms with Gasteiger partial charge in [-0.3, -0.25) is 0 Å². The van der Waals surface area contributed by atoms with Gasteiger partial charge in [-0.2, -0.15) is 0 Å². The van der Waals surface area contributed by atoms with Gasteiger partial charge in [0, 0.05) is 19.1 Å². The molecule has 0 bridgehead atoms. The van der Waals surface area contributed by atoms with Gasteiger partial charge < -0.3 is 10.2 Å². The third-order valence-corrected chi connectivity index (χ3v) is 3.51. The highest BCUT2D eigenvalue weighted by Crippen LogP contribution is 2.20. The van der Waals surface area contributed by atoms with Gasteiger partial charge in [0.15, 0.2) is 0 Å². The number of piperidine rings is 1. The fourth-order valence-electron chi connectivity index (χ4n) is 2.60. The summed E-state index contributed by atoms with van der Waals surface area (Å²) in [5, 5.41) is 3.61. The van der Waals surface area contributed by atoms with Crippen LogP contribution in [0.3, 0.4) is 0 Å². The average Bonchev–Trinajstić information content (AvgIpc) is 2.26. The van der Waals surface area contributed by atoms with Gasteiger partial charge in [0.1, 0.15) is 0 Å². The minimum absolute atomic E-state index is 0.741. The first-order valence-electron chi connectivity index (χ1n) is 6.75. The fraction of sp³-hybridized carbons (Fsp3) is 1.00. The van der Waals surface area contributed by atoms with Crippen molar-refractivity contribution in [1.29, 1.82) is 0 Å². The molecule has 2 heteroatoms. The van der Waals surface area contributed by atoms with Crippen molar-refractivity contribution in [3.05, 3.63) is 0 Å². The Morgan fingerprint density at radius 3 is 2.60 bits per heavy atom. The Morgan fingerprint density at radius 1 is 1.20 bits per heavy atom. The normalized spacial score (nSPS) is 28.2. The van der Waals surface area contributed by atoms with E-state index in [1.165, 1.54) is 45.3 Å². The highest BCUT2D eigenvalue weighted by molar-refractivity contribution is 4.82. The van der Waals surface area contributed by atoms with Crippen LogP contribution < -0.4 is 5.32 Å². The Labute approximate surface area is 95.4 Å². The lowest BCUT2D eigenvalue weighted by Gasteiger charge is -2.38. The van der Waals surface area contributed by atoms with Gasteiger partial charge >= 0.3 is 0 Å². The average molecular weight is 212 g/mol. The number of rotatable bonds is 6. The van der Waals surface area contributed by atoms with E-state index in [0.29, 0.717) is 0 Å². The minimum atomic E-state index is 0.741. The zero-order valence-corrected chi connectivity index (χ0v) is 10.8. The number of nitrogens with zero attached hydrogens (tertiary/aromatic N) is 1. The zero-order valence-electron chi connectivity index (χ0n) is 10.8. The van der Waals surface area contributed by atoms with Crippen molar-refractivity contribution in [2.75, 3.05) is 26.2 Å². The highest BCUT2D eigenvalue weighted by atomic mass is 15.2. The van der Waals surface area contributed by atoms with E-state index in [4.69, 9.17) is 0 Å². The second-order valence-electron chi connectivity index (χ2n) is 4.88. The van der Waals surface area contributed by atoms with Crippen molar-refractivity contribution in [3.8, 4) is 0 Å². The number of nitrogens with one attached hydrogen (secondary N) is 1. The van der Waals surface area contributed by atoms with E-state index in [1.807, 2.05) is 0 Å². The topological polar surface area (TPSA) is 15.3 Å². The Bertz CT molecular complexity index is 159. The van der Waals surface area contributed by atoms with Crippen LogP contribution in [0.2, 0.25) is 0 Å². The second-order valence-corrected chi connectivity index (χ2v) is 4.88. The Morgan fingerprint density at radius 2 is 2.00 bits per heavy atom. The van der Waals surface area contributed by atoms with Gasteiger partial charge in [-0.15, -0.1) is 0 Å². The summed E-state index contributed by atoms with van der Waals surface area (Å²) in [5.74, 6) is 0.916. The molecular formula is C13H28N2. The van der Waals surface area contributed by atoms with Crippen LogP contribution in [0.25, 0.3) is 0 Å². The van der Waals surface area contributed by atoms with Crippen LogP contribution >= 0.6 is 0 Å². The van der Waals surface area contributed by atoms with E-state index in [0.717, 1.165) is 18.5 Å². The monoisotopic (exact) mass is 212 g/mol. The maximum Gasteiger partial charge on any atom is 0.0198 e. The smallest absolute Gasteiger partial charge is 0.0198 e. The van der Waals surface area contributed by atoms with Gasteiger partial charge in [-0.05, 0) is 31.8 Å². The van der Waals surface area contributed by atoms with E-state index >= 15 is 0 Å². The molecule has 0 aromatic carbocycles. The summed E-state index contributed by atoms with van der Waals surface area (Å²) in [7, 11) is 0. The SMILES string of the molecule is CCCCN1CC(CC)CC(NCC)C1. The lowest BCUT2D eigenvalue weighted by Crippen LogP contribution is -2.49. The van der Waals surface area contributed by atoms with Gasteiger partial charge in [0.05, 0.1) is 0 Å². The molecule has 90 valence electrons. The van der Waals surface area contributed by atoms with E-state index in [2.05, 4.69) is 31.0 Å². The number of likely N-dealkylation sites (N-methyl/N-ethyl adjacent to an activating group) is 1. The van der Waals surface area contributed by atoms with Crippen molar-refractivity contribution in [2.24, 2.45) is 5.92 Å². The number of unbranched alkanes of at least 4 members (excludes halogenated alkanes) is 1. The molecule has 2 nitrogen and oxygen atoms in total. The second kappa shape index (κ2) is 7.24. The van der Waals surface area contributed by atoms with Gasteiger partial charge in [-0.1, -0.05) is 33.6 Å². The van der Waals surface area contributed by atoms with Crippen LogP contribution in [0.4, 0.5) is 0 Å².